The highest BCUT2D eigenvalue weighted by Gasteiger charge is 2.47. The van der Waals surface area contributed by atoms with Crippen LogP contribution in [0.5, 0.6) is 0 Å². The summed E-state index contributed by atoms with van der Waals surface area (Å²) in [4.78, 5) is 26.5. The van der Waals surface area contributed by atoms with Crippen molar-refractivity contribution in [2.24, 2.45) is 5.41 Å². The molecule has 8 heteroatoms. The third-order valence-electron chi connectivity index (χ3n) is 3.48. The summed E-state index contributed by atoms with van der Waals surface area (Å²) in [6, 6.07) is -0.355. The Balaban J connectivity index is 1.93. The number of nitrogens with zero attached hydrogens (tertiary/aromatic N) is 3. The third-order valence-corrected chi connectivity index (χ3v) is 3.48. The number of nitrogens with one attached hydrogen (secondary N) is 2. The van der Waals surface area contributed by atoms with Gasteiger partial charge >= 0.3 is 5.97 Å². The van der Waals surface area contributed by atoms with Crippen LogP contribution in [-0.4, -0.2) is 50.3 Å². The lowest BCUT2D eigenvalue weighted by Crippen LogP contribution is -2.43. The van der Waals surface area contributed by atoms with Gasteiger partial charge in [0, 0.05) is 0 Å². The van der Waals surface area contributed by atoms with Crippen molar-refractivity contribution >= 4 is 23.0 Å². The topological polar surface area (TPSA) is 113 Å². The number of carboxylic acid groups (broad SMARTS) is 1. The standard InChI is InChI=1S/C11H13N5O3/c1-11(10(17)18)3-19-2-6(11)16-9-7-8(13-4-12-7)14-5-15-9/h4-6H,2-3H2,1H3,(H,17,18)(H2,12,13,14,15,16). The van der Waals surface area contributed by atoms with Crippen LogP contribution >= 0.6 is 0 Å². The summed E-state index contributed by atoms with van der Waals surface area (Å²) >= 11 is 0. The second-order valence-corrected chi connectivity index (χ2v) is 4.76. The minimum absolute atomic E-state index is 0.178. The van der Waals surface area contributed by atoms with Gasteiger partial charge in [0.2, 0.25) is 0 Å². The molecule has 8 nitrogen and oxygen atoms in total. The third kappa shape index (κ3) is 1.80. The molecule has 0 amide bonds. The van der Waals surface area contributed by atoms with Gasteiger partial charge in [-0.25, -0.2) is 15.0 Å². The van der Waals surface area contributed by atoms with Crippen LogP contribution in [0.2, 0.25) is 0 Å². The van der Waals surface area contributed by atoms with Crippen molar-refractivity contribution in [1.29, 1.82) is 0 Å². The second-order valence-electron chi connectivity index (χ2n) is 4.76. The maximum absolute atomic E-state index is 11.4. The first-order chi connectivity index (χ1) is 9.11. The van der Waals surface area contributed by atoms with E-state index in [1.807, 2.05) is 0 Å². The molecule has 1 aliphatic rings. The van der Waals surface area contributed by atoms with Crippen LogP contribution in [0.3, 0.4) is 0 Å². The van der Waals surface area contributed by atoms with Gasteiger partial charge in [-0.3, -0.25) is 4.79 Å². The quantitative estimate of drug-likeness (QED) is 0.727. The molecule has 2 aromatic rings. The maximum Gasteiger partial charge on any atom is 0.313 e. The fourth-order valence-electron chi connectivity index (χ4n) is 2.12. The maximum atomic E-state index is 11.4. The summed E-state index contributed by atoms with van der Waals surface area (Å²) in [7, 11) is 0. The lowest BCUT2D eigenvalue weighted by Gasteiger charge is -2.25. The van der Waals surface area contributed by atoms with E-state index in [1.165, 1.54) is 12.7 Å². The molecule has 3 N–H and O–H groups in total. The Bertz CT molecular complexity index is 628. The molecule has 0 aromatic carbocycles. The molecule has 3 rings (SSSR count). The van der Waals surface area contributed by atoms with Crippen molar-refractivity contribution < 1.29 is 14.6 Å². The Morgan fingerprint density at radius 2 is 2.42 bits per heavy atom. The second kappa shape index (κ2) is 4.16. The van der Waals surface area contributed by atoms with Gasteiger partial charge in [-0.1, -0.05) is 0 Å². The van der Waals surface area contributed by atoms with Crippen molar-refractivity contribution in [2.75, 3.05) is 18.5 Å². The number of carboxylic acids is 1. The number of hydrogen-bond acceptors (Lipinski definition) is 6. The average Bonchev–Trinajstić information content (AvgIpc) is 2.98. The van der Waals surface area contributed by atoms with Gasteiger partial charge in [-0.15, -0.1) is 0 Å². The molecular weight excluding hydrogens is 250 g/mol. The molecule has 0 radical (unpaired) electrons. The predicted molar refractivity (Wildman–Crippen MR) is 65.7 cm³/mol. The number of aromatic nitrogens is 4. The summed E-state index contributed by atoms with van der Waals surface area (Å²) in [5.41, 5.74) is 0.215. The van der Waals surface area contributed by atoms with Crippen LogP contribution in [0.1, 0.15) is 6.92 Å². The Morgan fingerprint density at radius 1 is 1.58 bits per heavy atom. The van der Waals surface area contributed by atoms with Crippen LogP contribution in [-0.2, 0) is 9.53 Å². The van der Waals surface area contributed by atoms with Crippen molar-refractivity contribution in [3.63, 3.8) is 0 Å². The lowest BCUT2D eigenvalue weighted by atomic mass is 9.85. The molecule has 19 heavy (non-hydrogen) atoms. The molecule has 3 heterocycles. The molecular formula is C11H13N5O3. The summed E-state index contributed by atoms with van der Waals surface area (Å²) < 4.78 is 5.29. The van der Waals surface area contributed by atoms with E-state index in [0.717, 1.165) is 0 Å². The molecule has 1 aliphatic heterocycles. The van der Waals surface area contributed by atoms with Crippen molar-refractivity contribution in [2.45, 2.75) is 13.0 Å². The number of carbonyl (C=O) groups is 1. The number of aliphatic carboxylic acids is 1. The highest BCUT2D eigenvalue weighted by Crippen LogP contribution is 2.31. The molecule has 0 aliphatic carbocycles. The van der Waals surface area contributed by atoms with E-state index in [0.29, 0.717) is 23.6 Å². The molecule has 2 aromatic heterocycles. The first-order valence-corrected chi connectivity index (χ1v) is 5.83. The SMILES string of the molecule is CC1(C(=O)O)COCC1Nc1ncnc2nc[nH]c12. The number of anilines is 1. The Kier molecular flexibility index (Phi) is 2.59. The molecule has 0 saturated carbocycles. The van der Waals surface area contributed by atoms with E-state index in [9.17, 15) is 9.90 Å². The van der Waals surface area contributed by atoms with Crippen LogP contribution < -0.4 is 5.32 Å². The Labute approximate surface area is 108 Å². The highest BCUT2D eigenvalue weighted by atomic mass is 16.5. The van der Waals surface area contributed by atoms with Crippen molar-refractivity contribution in [3.05, 3.63) is 12.7 Å². The van der Waals surface area contributed by atoms with E-state index < -0.39 is 11.4 Å². The molecule has 1 saturated heterocycles. The van der Waals surface area contributed by atoms with E-state index in [1.54, 1.807) is 6.92 Å². The predicted octanol–water partition coefficient (Wildman–Crippen LogP) is 0.254. The van der Waals surface area contributed by atoms with Crippen LogP contribution in [0, 0.1) is 5.41 Å². The lowest BCUT2D eigenvalue weighted by molar-refractivity contribution is -0.148. The fraction of sp³-hybridized carbons (Fsp3) is 0.455. The summed E-state index contributed by atoms with van der Waals surface area (Å²) in [6.07, 6.45) is 2.91. The molecule has 100 valence electrons. The minimum Gasteiger partial charge on any atom is -0.481 e. The van der Waals surface area contributed by atoms with Crippen molar-refractivity contribution in [1.82, 2.24) is 19.9 Å². The number of imidazole rings is 1. The first kappa shape index (κ1) is 11.8. The van der Waals surface area contributed by atoms with Crippen molar-refractivity contribution in [3.8, 4) is 0 Å². The zero-order chi connectivity index (χ0) is 13.5. The summed E-state index contributed by atoms with van der Waals surface area (Å²) in [6.45, 7) is 2.16. The summed E-state index contributed by atoms with van der Waals surface area (Å²) in [5.74, 6) is -0.358. The largest absolute Gasteiger partial charge is 0.481 e. The fourth-order valence-corrected chi connectivity index (χ4v) is 2.12. The van der Waals surface area contributed by atoms with Crippen LogP contribution in [0.25, 0.3) is 11.2 Å². The van der Waals surface area contributed by atoms with E-state index in [4.69, 9.17) is 4.74 Å². The number of ether oxygens (including phenoxy) is 1. The monoisotopic (exact) mass is 263 g/mol. The zero-order valence-corrected chi connectivity index (χ0v) is 10.3. The number of aromatic amines is 1. The van der Waals surface area contributed by atoms with Gasteiger partial charge in [-0.05, 0) is 6.92 Å². The number of hydrogen-bond donors (Lipinski definition) is 3. The Morgan fingerprint density at radius 3 is 3.21 bits per heavy atom. The molecule has 2 unspecified atom stereocenters. The number of rotatable bonds is 3. The molecule has 0 bridgehead atoms. The molecule has 2 atom stereocenters. The van der Waals surface area contributed by atoms with E-state index in [2.05, 4.69) is 25.3 Å². The van der Waals surface area contributed by atoms with Gasteiger partial charge in [-0.2, -0.15) is 0 Å². The average molecular weight is 263 g/mol. The number of H-pyrrole nitrogens is 1. The van der Waals surface area contributed by atoms with Gasteiger partial charge in [0.15, 0.2) is 11.5 Å². The van der Waals surface area contributed by atoms with Gasteiger partial charge in [0.05, 0.1) is 25.6 Å². The van der Waals surface area contributed by atoms with Crippen LogP contribution in [0.4, 0.5) is 5.82 Å². The van der Waals surface area contributed by atoms with Gasteiger partial charge in [0.1, 0.15) is 17.3 Å². The van der Waals surface area contributed by atoms with E-state index >= 15 is 0 Å². The van der Waals surface area contributed by atoms with Crippen LogP contribution in [0.15, 0.2) is 12.7 Å². The number of fused-ring (bicyclic) bond motifs is 1. The zero-order valence-electron chi connectivity index (χ0n) is 10.3. The normalized spacial score (nSPS) is 26.7. The smallest absolute Gasteiger partial charge is 0.313 e. The van der Waals surface area contributed by atoms with Gasteiger partial charge in [0.25, 0.3) is 0 Å². The first-order valence-electron chi connectivity index (χ1n) is 5.83. The Hall–Kier alpha value is -2.22. The van der Waals surface area contributed by atoms with E-state index in [-0.39, 0.29) is 12.6 Å². The molecule has 1 fully saturated rings. The minimum atomic E-state index is -0.975. The molecule has 0 spiro atoms. The summed E-state index contributed by atoms with van der Waals surface area (Å²) in [5, 5.41) is 12.4. The van der Waals surface area contributed by atoms with Gasteiger partial charge < -0.3 is 20.1 Å². The highest BCUT2D eigenvalue weighted by molar-refractivity contribution is 5.83.